The van der Waals surface area contributed by atoms with Crippen LogP contribution in [-0.2, 0) is 0 Å². The smallest absolute Gasteiger partial charge is 0.255 e. The molecule has 0 bridgehead atoms. The van der Waals surface area contributed by atoms with Crippen LogP contribution in [0, 0.1) is 0 Å². The van der Waals surface area contributed by atoms with Crippen molar-refractivity contribution >= 4 is 49.1 Å². The quantitative estimate of drug-likeness (QED) is 0.579. The molecule has 2 aromatic rings. The van der Waals surface area contributed by atoms with E-state index in [1.807, 2.05) is 34.5 Å². The van der Waals surface area contributed by atoms with Crippen molar-refractivity contribution in [1.29, 1.82) is 0 Å². The summed E-state index contributed by atoms with van der Waals surface area (Å²) >= 11 is 8.54. The number of hydrogen-bond acceptors (Lipinski definition) is 2. The molecule has 0 fully saturated rings. The second-order valence-corrected chi connectivity index (χ2v) is 7.98. The summed E-state index contributed by atoms with van der Waals surface area (Å²) in [5.41, 5.74) is 1.88. The Balaban J connectivity index is 2.30. The predicted octanol–water partition coefficient (Wildman–Crippen LogP) is 5.89. The van der Waals surface area contributed by atoms with E-state index in [1.54, 1.807) is 0 Å². The average molecular weight is 431 g/mol. The lowest BCUT2D eigenvalue weighted by molar-refractivity contribution is 0.0690. The maximum absolute atomic E-state index is 12.8. The Kier molecular flexibility index (Phi) is 6.02. The molecule has 0 N–H and O–H groups in total. The van der Waals surface area contributed by atoms with Crippen molar-refractivity contribution < 1.29 is 4.79 Å². The van der Waals surface area contributed by atoms with Gasteiger partial charge in [0.25, 0.3) is 5.91 Å². The number of thiophene rings is 1. The first-order valence-electron chi connectivity index (χ1n) is 6.84. The minimum Gasteiger partial charge on any atom is -0.332 e. The molecule has 0 aliphatic rings. The number of nitrogens with zero attached hydrogens (tertiary/aromatic N) is 1. The molecule has 1 atom stereocenters. The molecule has 1 aromatic heterocycles. The third-order valence-corrected chi connectivity index (χ3v) is 5.59. The summed E-state index contributed by atoms with van der Waals surface area (Å²) in [5, 5.41) is 1.90. The van der Waals surface area contributed by atoms with Gasteiger partial charge in [0, 0.05) is 16.4 Å². The number of carbonyl (C=O) groups is 1. The predicted molar refractivity (Wildman–Crippen MR) is 95.9 cm³/mol. The maximum atomic E-state index is 12.8. The molecule has 0 aliphatic heterocycles. The van der Waals surface area contributed by atoms with E-state index in [9.17, 15) is 4.79 Å². The van der Waals surface area contributed by atoms with Crippen molar-refractivity contribution in [3.8, 4) is 0 Å². The zero-order chi connectivity index (χ0) is 15.4. The Hall–Kier alpha value is -0.650. The minimum absolute atomic E-state index is 0.0340. The third kappa shape index (κ3) is 3.96. The van der Waals surface area contributed by atoms with Crippen molar-refractivity contribution in [2.24, 2.45) is 0 Å². The number of benzene rings is 1. The molecule has 1 unspecified atom stereocenters. The second-order valence-electron chi connectivity index (χ2n) is 4.84. The van der Waals surface area contributed by atoms with Gasteiger partial charge >= 0.3 is 0 Å². The zero-order valence-corrected chi connectivity index (χ0v) is 16.0. The third-order valence-electron chi connectivity index (χ3n) is 3.36. The second kappa shape index (κ2) is 7.56. The lowest BCUT2D eigenvalue weighted by Crippen LogP contribution is -2.34. The first kappa shape index (κ1) is 16.7. The number of halogens is 2. The highest BCUT2D eigenvalue weighted by molar-refractivity contribution is 9.11. The molecule has 0 aliphatic carbocycles. The SMILES string of the molecule is CCCN(C(=O)c1csc(Br)c1)C(C)c1ccccc1Br. The van der Waals surface area contributed by atoms with Gasteiger partial charge in [0.2, 0.25) is 0 Å². The van der Waals surface area contributed by atoms with Crippen molar-refractivity contribution in [3.63, 3.8) is 0 Å². The van der Waals surface area contributed by atoms with Gasteiger partial charge in [-0.05, 0) is 47.0 Å². The topological polar surface area (TPSA) is 20.3 Å². The number of amides is 1. The van der Waals surface area contributed by atoms with Crippen molar-refractivity contribution in [1.82, 2.24) is 4.90 Å². The van der Waals surface area contributed by atoms with E-state index in [0.717, 1.165) is 32.4 Å². The molecule has 0 radical (unpaired) electrons. The summed E-state index contributed by atoms with van der Waals surface area (Å²) in [6.45, 7) is 4.92. The van der Waals surface area contributed by atoms with Gasteiger partial charge in [0.15, 0.2) is 0 Å². The largest absolute Gasteiger partial charge is 0.332 e. The van der Waals surface area contributed by atoms with Crippen LogP contribution < -0.4 is 0 Å². The highest BCUT2D eigenvalue weighted by Gasteiger charge is 2.23. The minimum atomic E-state index is 0.0340. The molecular formula is C16H17Br2NOS. The van der Waals surface area contributed by atoms with Crippen molar-refractivity contribution in [2.75, 3.05) is 6.54 Å². The molecule has 0 saturated carbocycles. The number of carbonyl (C=O) groups excluding carboxylic acids is 1. The summed E-state index contributed by atoms with van der Waals surface area (Å²) < 4.78 is 2.02. The fourth-order valence-corrected chi connectivity index (χ4v) is 4.03. The Morgan fingerprint density at radius 2 is 2.05 bits per heavy atom. The standard InChI is InChI=1S/C16H17Br2NOS/c1-3-8-19(16(20)12-9-15(18)21-10-12)11(2)13-6-4-5-7-14(13)17/h4-7,9-11H,3,8H2,1-2H3. The molecule has 0 spiro atoms. The van der Waals surface area contributed by atoms with E-state index in [2.05, 4.69) is 51.8 Å². The Morgan fingerprint density at radius 3 is 2.62 bits per heavy atom. The van der Waals surface area contributed by atoms with Gasteiger partial charge in [-0.3, -0.25) is 4.79 Å². The first-order valence-corrected chi connectivity index (χ1v) is 9.30. The molecule has 112 valence electrons. The maximum Gasteiger partial charge on any atom is 0.255 e. The van der Waals surface area contributed by atoms with Gasteiger partial charge in [-0.15, -0.1) is 11.3 Å². The Morgan fingerprint density at radius 1 is 1.33 bits per heavy atom. The fraction of sp³-hybridized carbons (Fsp3) is 0.312. The summed E-state index contributed by atoms with van der Waals surface area (Å²) in [6, 6.07) is 10.00. The number of hydrogen-bond donors (Lipinski definition) is 0. The number of rotatable bonds is 5. The van der Waals surface area contributed by atoms with Crippen LogP contribution in [0.5, 0.6) is 0 Å². The van der Waals surface area contributed by atoms with Crippen LogP contribution in [0.1, 0.15) is 42.2 Å². The normalized spacial score (nSPS) is 12.2. The van der Waals surface area contributed by atoms with Crippen LogP contribution in [0.2, 0.25) is 0 Å². The van der Waals surface area contributed by atoms with Crippen LogP contribution in [-0.4, -0.2) is 17.4 Å². The van der Waals surface area contributed by atoms with Gasteiger partial charge in [-0.1, -0.05) is 41.1 Å². The van der Waals surface area contributed by atoms with Crippen LogP contribution in [0.15, 0.2) is 44.0 Å². The average Bonchev–Trinajstić information content (AvgIpc) is 2.90. The van der Waals surface area contributed by atoms with E-state index < -0.39 is 0 Å². The van der Waals surface area contributed by atoms with Crippen LogP contribution in [0.25, 0.3) is 0 Å². The molecule has 1 heterocycles. The van der Waals surface area contributed by atoms with E-state index in [-0.39, 0.29) is 11.9 Å². The van der Waals surface area contributed by atoms with E-state index >= 15 is 0 Å². The fourth-order valence-electron chi connectivity index (χ4n) is 2.28. The van der Waals surface area contributed by atoms with Gasteiger partial charge in [-0.25, -0.2) is 0 Å². The first-order chi connectivity index (χ1) is 10.0. The summed E-state index contributed by atoms with van der Waals surface area (Å²) in [4.78, 5) is 14.7. The van der Waals surface area contributed by atoms with Gasteiger partial charge in [-0.2, -0.15) is 0 Å². The summed E-state index contributed by atoms with van der Waals surface area (Å²) in [5.74, 6) is 0.0852. The monoisotopic (exact) mass is 429 g/mol. The lowest BCUT2D eigenvalue weighted by atomic mass is 10.1. The highest BCUT2D eigenvalue weighted by atomic mass is 79.9. The molecular weight excluding hydrogens is 414 g/mol. The van der Waals surface area contributed by atoms with Gasteiger partial charge in [0.1, 0.15) is 0 Å². The van der Waals surface area contributed by atoms with Gasteiger partial charge in [0.05, 0.1) is 15.4 Å². The van der Waals surface area contributed by atoms with E-state index in [1.165, 1.54) is 11.3 Å². The molecule has 0 saturated heterocycles. The van der Waals surface area contributed by atoms with Crippen molar-refractivity contribution in [3.05, 3.63) is 55.1 Å². The molecule has 1 amide bonds. The van der Waals surface area contributed by atoms with E-state index in [4.69, 9.17) is 0 Å². The summed E-state index contributed by atoms with van der Waals surface area (Å²) in [6.07, 6.45) is 0.936. The zero-order valence-electron chi connectivity index (χ0n) is 12.0. The van der Waals surface area contributed by atoms with Crippen LogP contribution >= 0.6 is 43.2 Å². The molecule has 1 aromatic carbocycles. The molecule has 5 heteroatoms. The van der Waals surface area contributed by atoms with Crippen LogP contribution in [0.3, 0.4) is 0 Å². The Bertz CT molecular complexity index is 626. The molecule has 21 heavy (non-hydrogen) atoms. The molecule has 2 nitrogen and oxygen atoms in total. The highest BCUT2D eigenvalue weighted by Crippen LogP contribution is 2.30. The molecule has 2 rings (SSSR count). The van der Waals surface area contributed by atoms with Gasteiger partial charge < -0.3 is 4.90 Å². The summed E-state index contributed by atoms with van der Waals surface area (Å²) in [7, 11) is 0. The Labute approximate surface area is 146 Å². The van der Waals surface area contributed by atoms with E-state index in [0.29, 0.717) is 0 Å². The lowest BCUT2D eigenvalue weighted by Gasteiger charge is -2.29. The van der Waals surface area contributed by atoms with Crippen LogP contribution in [0.4, 0.5) is 0 Å². The van der Waals surface area contributed by atoms with Crippen molar-refractivity contribution in [2.45, 2.75) is 26.3 Å².